The van der Waals surface area contributed by atoms with Crippen LogP contribution in [0, 0.1) is 5.82 Å². The number of hydrogen-bond donors (Lipinski definition) is 1. The summed E-state index contributed by atoms with van der Waals surface area (Å²) < 4.78 is 24.4. The lowest BCUT2D eigenvalue weighted by molar-refractivity contribution is 0.174. The minimum Gasteiger partial charge on any atom is -0.454 e. The first kappa shape index (κ1) is 23.6. The highest BCUT2D eigenvalue weighted by atomic mass is 19.1. The molecule has 6 rings (SSSR count). The Morgan fingerprint density at radius 2 is 1.53 bits per heavy atom. The van der Waals surface area contributed by atoms with Crippen LogP contribution in [0.25, 0.3) is 34.2 Å². The summed E-state index contributed by atoms with van der Waals surface area (Å²) >= 11 is 0. The Bertz CT molecular complexity index is 1650. The van der Waals surface area contributed by atoms with E-state index in [1.807, 2.05) is 56.6 Å². The van der Waals surface area contributed by atoms with Gasteiger partial charge in [-0.25, -0.2) is 9.37 Å². The molecule has 5 aromatic rings. The van der Waals surface area contributed by atoms with Gasteiger partial charge in [-0.05, 0) is 89.5 Å². The number of halogens is 1. The Balaban J connectivity index is 1.41. The molecule has 1 aromatic heterocycles. The van der Waals surface area contributed by atoms with E-state index in [-0.39, 0.29) is 12.6 Å². The molecule has 0 spiro atoms. The molecule has 0 saturated carbocycles. The summed E-state index contributed by atoms with van der Waals surface area (Å²) in [6, 6.07) is 29.0. The van der Waals surface area contributed by atoms with Crippen LogP contribution >= 0.6 is 0 Å². The van der Waals surface area contributed by atoms with Crippen LogP contribution in [0.2, 0.25) is 0 Å². The Morgan fingerprint density at radius 3 is 2.32 bits per heavy atom. The van der Waals surface area contributed by atoms with Crippen LogP contribution in [0.1, 0.15) is 11.3 Å². The zero-order valence-corrected chi connectivity index (χ0v) is 21.1. The number of ether oxygens (including phenoxy) is 2. The van der Waals surface area contributed by atoms with Crippen molar-refractivity contribution in [2.75, 3.05) is 31.1 Å². The molecule has 4 aromatic carbocycles. The summed E-state index contributed by atoms with van der Waals surface area (Å²) in [5.41, 5.74) is 7.70. The van der Waals surface area contributed by atoms with Gasteiger partial charge in [-0.15, -0.1) is 0 Å². The molecular formula is C32H26FN3O2. The zero-order chi connectivity index (χ0) is 26.1. The van der Waals surface area contributed by atoms with Gasteiger partial charge in [0.1, 0.15) is 5.82 Å². The molecule has 0 bridgehead atoms. The normalized spacial score (nSPS) is 12.3. The lowest BCUT2D eigenvalue weighted by Gasteiger charge is -2.15. The summed E-state index contributed by atoms with van der Waals surface area (Å²) in [7, 11) is 4.05. The van der Waals surface area contributed by atoms with Crippen molar-refractivity contribution in [1.29, 1.82) is 0 Å². The molecule has 188 valence electrons. The van der Waals surface area contributed by atoms with Gasteiger partial charge in [0.05, 0.1) is 16.9 Å². The van der Waals surface area contributed by atoms with Crippen molar-refractivity contribution in [2.45, 2.75) is 0 Å². The monoisotopic (exact) mass is 503 g/mol. The average molecular weight is 504 g/mol. The molecule has 0 aliphatic carbocycles. The summed E-state index contributed by atoms with van der Waals surface area (Å²) in [5.74, 6) is 1.26. The third kappa shape index (κ3) is 4.89. The second kappa shape index (κ2) is 9.90. The van der Waals surface area contributed by atoms with Gasteiger partial charge >= 0.3 is 0 Å². The third-order valence-electron chi connectivity index (χ3n) is 6.51. The van der Waals surface area contributed by atoms with Crippen molar-refractivity contribution in [3.05, 3.63) is 108 Å². The SMILES string of the molecule is CN(C)c1ccc(Nc2cc(C=Cc3ccc(F)cc3)nc3ccc(-c4ccc5c(c4)OCO5)cc23)cc1. The number of benzene rings is 4. The topological polar surface area (TPSA) is 46.6 Å². The van der Waals surface area contributed by atoms with E-state index in [1.54, 1.807) is 12.1 Å². The molecule has 6 heteroatoms. The zero-order valence-electron chi connectivity index (χ0n) is 21.1. The van der Waals surface area contributed by atoms with Gasteiger partial charge in [-0.2, -0.15) is 0 Å². The standard InChI is InChI=1S/C32H26FN3O2/c1-36(2)27-13-11-25(12-14-27)34-30-19-26(10-5-21-3-8-24(33)9-4-21)35-29-15-6-22(17-28(29)30)23-7-16-31-32(18-23)38-20-37-31/h3-19H,20H2,1-2H3,(H,34,35). The molecule has 0 atom stereocenters. The molecular weight excluding hydrogens is 477 g/mol. The van der Waals surface area contributed by atoms with E-state index in [2.05, 4.69) is 46.6 Å². The number of hydrogen-bond acceptors (Lipinski definition) is 5. The lowest BCUT2D eigenvalue weighted by Crippen LogP contribution is -2.08. The fourth-order valence-electron chi connectivity index (χ4n) is 4.44. The number of fused-ring (bicyclic) bond motifs is 2. The first-order valence-corrected chi connectivity index (χ1v) is 12.3. The summed E-state index contributed by atoms with van der Waals surface area (Å²) in [4.78, 5) is 6.96. The van der Waals surface area contributed by atoms with Gasteiger partial charge in [-0.3, -0.25) is 0 Å². The largest absolute Gasteiger partial charge is 0.454 e. The second-order valence-corrected chi connectivity index (χ2v) is 9.35. The third-order valence-corrected chi connectivity index (χ3v) is 6.51. The predicted octanol–water partition coefficient (Wildman–Crippen LogP) is 7.75. The number of rotatable bonds is 6. The van der Waals surface area contributed by atoms with Crippen LogP contribution in [0.3, 0.4) is 0 Å². The van der Waals surface area contributed by atoms with Crippen molar-refractivity contribution in [1.82, 2.24) is 4.98 Å². The summed E-state index contributed by atoms with van der Waals surface area (Å²) in [6.45, 7) is 0.245. The van der Waals surface area contributed by atoms with E-state index in [9.17, 15) is 4.39 Å². The van der Waals surface area contributed by atoms with E-state index in [0.29, 0.717) is 0 Å². The van der Waals surface area contributed by atoms with Gasteiger partial charge in [0.2, 0.25) is 6.79 Å². The number of nitrogens with zero attached hydrogens (tertiary/aromatic N) is 2. The molecule has 0 radical (unpaired) electrons. The number of pyridine rings is 1. The first-order valence-electron chi connectivity index (χ1n) is 12.3. The predicted molar refractivity (Wildman–Crippen MR) is 153 cm³/mol. The highest BCUT2D eigenvalue weighted by Gasteiger charge is 2.15. The van der Waals surface area contributed by atoms with Crippen molar-refractivity contribution >= 4 is 40.1 Å². The molecule has 1 aliphatic rings. The lowest BCUT2D eigenvalue weighted by atomic mass is 10.0. The fraction of sp³-hybridized carbons (Fsp3) is 0.0938. The van der Waals surface area contributed by atoms with E-state index < -0.39 is 0 Å². The van der Waals surface area contributed by atoms with Crippen LogP contribution in [0.15, 0.2) is 91.0 Å². The summed E-state index contributed by atoms with van der Waals surface area (Å²) in [5, 5.41) is 4.59. The van der Waals surface area contributed by atoms with Crippen LogP contribution in [-0.2, 0) is 0 Å². The van der Waals surface area contributed by atoms with Crippen LogP contribution < -0.4 is 19.7 Å². The summed E-state index contributed by atoms with van der Waals surface area (Å²) in [6.07, 6.45) is 3.88. The maximum absolute atomic E-state index is 13.3. The van der Waals surface area contributed by atoms with E-state index in [4.69, 9.17) is 14.5 Å². The Hall–Kier alpha value is -4.84. The minimum absolute atomic E-state index is 0.245. The van der Waals surface area contributed by atoms with E-state index >= 15 is 0 Å². The van der Waals surface area contributed by atoms with Gasteiger partial charge in [0, 0.05) is 30.9 Å². The Labute approximate surface area is 220 Å². The van der Waals surface area contributed by atoms with Crippen molar-refractivity contribution < 1.29 is 13.9 Å². The maximum atomic E-state index is 13.3. The number of nitrogens with one attached hydrogen (secondary N) is 1. The van der Waals surface area contributed by atoms with Crippen LogP contribution in [0.4, 0.5) is 21.5 Å². The van der Waals surface area contributed by atoms with E-state index in [0.717, 1.165) is 61.8 Å². The highest BCUT2D eigenvalue weighted by molar-refractivity contribution is 5.97. The molecule has 0 saturated heterocycles. The number of anilines is 3. The first-order chi connectivity index (χ1) is 18.5. The Morgan fingerprint density at radius 1 is 0.789 bits per heavy atom. The minimum atomic E-state index is -0.254. The smallest absolute Gasteiger partial charge is 0.231 e. The molecule has 38 heavy (non-hydrogen) atoms. The highest BCUT2D eigenvalue weighted by Crippen LogP contribution is 2.37. The van der Waals surface area contributed by atoms with Crippen molar-refractivity contribution in [3.8, 4) is 22.6 Å². The van der Waals surface area contributed by atoms with Crippen molar-refractivity contribution in [2.24, 2.45) is 0 Å². The Kier molecular flexibility index (Phi) is 6.14. The quantitative estimate of drug-likeness (QED) is 0.257. The molecule has 0 fully saturated rings. The number of aromatic nitrogens is 1. The molecule has 1 aliphatic heterocycles. The fourth-order valence-corrected chi connectivity index (χ4v) is 4.44. The average Bonchev–Trinajstić information content (AvgIpc) is 3.41. The van der Waals surface area contributed by atoms with Gasteiger partial charge < -0.3 is 19.7 Å². The molecule has 0 unspecified atom stereocenters. The van der Waals surface area contributed by atoms with Crippen molar-refractivity contribution in [3.63, 3.8) is 0 Å². The van der Waals surface area contributed by atoms with E-state index in [1.165, 1.54) is 12.1 Å². The molecule has 5 nitrogen and oxygen atoms in total. The molecule has 0 amide bonds. The van der Waals surface area contributed by atoms with Gasteiger partial charge in [0.25, 0.3) is 0 Å². The molecule has 2 heterocycles. The van der Waals surface area contributed by atoms with Gasteiger partial charge in [0.15, 0.2) is 11.5 Å². The van der Waals surface area contributed by atoms with Gasteiger partial charge in [-0.1, -0.05) is 30.3 Å². The van der Waals surface area contributed by atoms with Crippen LogP contribution in [0.5, 0.6) is 11.5 Å². The second-order valence-electron chi connectivity index (χ2n) is 9.35. The molecule has 1 N–H and O–H groups in total. The van der Waals surface area contributed by atoms with Crippen LogP contribution in [-0.4, -0.2) is 25.9 Å². The maximum Gasteiger partial charge on any atom is 0.231 e.